The number of urea groups is 1. The van der Waals surface area contributed by atoms with E-state index in [0.29, 0.717) is 19.0 Å². The number of amides is 3. The van der Waals surface area contributed by atoms with Crippen molar-refractivity contribution in [3.8, 4) is 0 Å². The van der Waals surface area contributed by atoms with Crippen LogP contribution in [0.1, 0.15) is 12.5 Å². The van der Waals surface area contributed by atoms with E-state index in [1.807, 2.05) is 30.0 Å². The second-order valence-corrected chi connectivity index (χ2v) is 6.50. The normalized spacial score (nSPS) is 24.0. The van der Waals surface area contributed by atoms with Crippen molar-refractivity contribution in [1.29, 1.82) is 0 Å². The molecule has 2 atom stereocenters. The van der Waals surface area contributed by atoms with Gasteiger partial charge in [0.05, 0.1) is 0 Å². The molecule has 0 spiro atoms. The summed E-state index contributed by atoms with van der Waals surface area (Å²) in [4.78, 5) is 32.5. The molecule has 2 heterocycles. The van der Waals surface area contributed by atoms with Gasteiger partial charge >= 0.3 is 6.03 Å². The molecular formula is C19H21N5O2. The SMILES string of the molecule is CCN=C1NC2C(C(=O)NC(=O)N2C)N1Cc1cccc2ccccc12. The molecule has 0 bridgehead atoms. The van der Waals surface area contributed by atoms with Crippen molar-refractivity contribution < 1.29 is 9.59 Å². The van der Waals surface area contributed by atoms with E-state index in [1.54, 1.807) is 7.05 Å². The highest BCUT2D eigenvalue weighted by Crippen LogP contribution is 2.26. The highest BCUT2D eigenvalue weighted by Gasteiger charge is 2.49. The Labute approximate surface area is 151 Å². The predicted octanol–water partition coefficient (Wildman–Crippen LogP) is 1.50. The van der Waals surface area contributed by atoms with E-state index >= 15 is 0 Å². The van der Waals surface area contributed by atoms with E-state index in [4.69, 9.17) is 0 Å². The third kappa shape index (κ3) is 2.56. The van der Waals surface area contributed by atoms with E-state index < -0.39 is 18.2 Å². The third-order valence-corrected chi connectivity index (χ3v) is 4.95. The Kier molecular flexibility index (Phi) is 3.99. The number of hydrogen-bond donors (Lipinski definition) is 2. The summed E-state index contributed by atoms with van der Waals surface area (Å²) in [6, 6.07) is 13.4. The number of hydrogen-bond acceptors (Lipinski definition) is 3. The average Bonchev–Trinajstić information content (AvgIpc) is 2.99. The van der Waals surface area contributed by atoms with E-state index in [0.717, 1.165) is 16.3 Å². The van der Waals surface area contributed by atoms with Gasteiger partial charge in [0, 0.05) is 20.1 Å². The van der Waals surface area contributed by atoms with E-state index in [9.17, 15) is 9.59 Å². The maximum Gasteiger partial charge on any atom is 0.325 e. The van der Waals surface area contributed by atoms with Gasteiger partial charge in [-0.05, 0) is 23.3 Å². The Morgan fingerprint density at radius 1 is 1.12 bits per heavy atom. The lowest BCUT2D eigenvalue weighted by molar-refractivity contribution is -0.127. The summed E-state index contributed by atoms with van der Waals surface area (Å²) in [5.74, 6) is 0.347. The first kappa shape index (κ1) is 16.4. The van der Waals surface area contributed by atoms with Gasteiger partial charge in [-0.3, -0.25) is 15.1 Å². The van der Waals surface area contributed by atoms with Gasteiger partial charge in [0.1, 0.15) is 6.17 Å². The molecule has 7 nitrogen and oxygen atoms in total. The zero-order valence-corrected chi connectivity index (χ0v) is 14.8. The van der Waals surface area contributed by atoms with Crippen LogP contribution in [0.15, 0.2) is 47.5 Å². The van der Waals surface area contributed by atoms with Crippen LogP contribution in [0.5, 0.6) is 0 Å². The number of aliphatic imine (C=N–C) groups is 1. The highest BCUT2D eigenvalue weighted by atomic mass is 16.2. The van der Waals surface area contributed by atoms with Crippen LogP contribution in [-0.2, 0) is 11.3 Å². The summed E-state index contributed by atoms with van der Waals surface area (Å²) in [6.45, 7) is 3.07. The second-order valence-electron chi connectivity index (χ2n) is 6.50. The summed E-state index contributed by atoms with van der Waals surface area (Å²) in [7, 11) is 1.68. The highest BCUT2D eigenvalue weighted by molar-refractivity contribution is 6.04. The van der Waals surface area contributed by atoms with Crippen molar-refractivity contribution in [2.45, 2.75) is 25.7 Å². The monoisotopic (exact) mass is 351 g/mol. The molecule has 2 aromatic rings. The Bertz CT molecular complexity index is 904. The van der Waals surface area contributed by atoms with E-state index in [-0.39, 0.29) is 5.91 Å². The number of fused-ring (bicyclic) bond motifs is 2. The number of rotatable bonds is 3. The van der Waals surface area contributed by atoms with Gasteiger partial charge in [0.15, 0.2) is 12.0 Å². The lowest BCUT2D eigenvalue weighted by atomic mass is 10.0. The van der Waals surface area contributed by atoms with Crippen LogP contribution in [0.4, 0.5) is 4.79 Å². The van der Waals surface area contributed by atoms with Crippen molar-refractivity contribution in [3.63, 3.8) is 0 Å². The lowest BCUT2D eigenvalue weighted by Gasteiger charge is -2.35. The summed E-state index contributed by atoms with van der Waals surface area (Å²) < 4.78 is 0. The first-order valence-corrected chi connectivity index (χ1v) is 8.72. The van der Waals surface area contributed by atoms with Crippen molar-refractivity contribution >= 4 is 28.7 Å². The first-order valence-electron chi connectivity index (χ1n) is 8.72. The van der Waals surface area contributed by atoms with Crippen LogP contribution < -0.4 is 10.6 Å². The summed E-state index contributed by atoms with van der Waals surface area (Å²) >= 11 is 0. The molecule has 0 saturated carbocycles. The van der Waals surface area contributed by atoms with Crippen molar-refractivity contribution in [3.05, 3.63) is 48.0 Å². The molecule has 2 aromatic carbocycles. The number of carbonyl (C=O) groups excluding carboxylic acids is 2. The maximum atomic E-state index is 12.6. The zero-order valence-electron chi connectivity index (χ0n) is 14.8. The number of likely N-dealkylation sites (N-methyl/N-ethyl adjacent to an activating group) is 1. The van der Waals surface area contributed by atoms with Gasteiger partial charge in [0.2, 0.25) is 0 Å². The molecule has 2 aliphatic rings. The largest absolute Gasteiger partial charge is 0.333 e. The van der Waals surface area contributed by atoms with Gasteiger partial charge in [0.25, 0.3) is 5.91 Å². The zero-order chi connectivity index (χ0) is 18.3. The molecule has 2 unspecified atom stereocenters. The van der Waals surface area contributed by atoms with Crippen LogP contribution in [0.25, 0.3) is 10.8 Å². The van der Waals surface area contributed by atoms with Crippen molar-refractivity contribution in [2.24, 2.45) is 4.99 Å². The van der Waals surface area contributed by atoms with Gasteiger partial charge in [-0.2, -0.15) is 0 Å². The number of nitrogens with zero attached hydrogens (tertiary/aromatic N) is 3. The Morgan fingerprint density at radius 2 is 1.88 bits per heavy atom. The second kappa shape index (κ2) is 6.33. The van der Waals surface area contributed by atoms with Crippen molar-refractivity contribution in [1.82, 2.24) is 20.4 Å². The topological polar surface area (TPSA) is 77.0 Å². The fourth-order valence-electron chi connectivity index (χ4n) is 3.66. The smallest absolute Gasteiger partial charge is 0.325 e. The molecule has 2 aliphatic heterocycles. The van der Waals surface area contributed by atoms with Crippen molar-refractivity contribution in [2.75, 3.05) is 13.6 Å². The van der Waals surface area contributed by atoms with E-state index in [2.05, 4.69) is 39.9 Å². The molecule has 2 fully saturated rings. The van der Waals surface area contributed by atoms with Gasteiger partial charge < -0.3 is 15.1 Å². The van der Waals surface area contributed by atoms with Gasteiger partial charge in [-0.15, -0.1) is 0 Å². The predicted molar refractivity (Wildman–Crippen MR) is 99.5 cm³/mol. The maximum absolute atomic E-state index is 12.6. The Morgan fingerprint density at radius 3 is 2.69 bits per heavy atom. The molecule has 0 radical (unpaired) electrons. The summed E-state index contributed by atoms with van der Waals surface area (Å²) in [6.07, 6.45) is -0.420. The fourth-order valence-corrected chi connectivity index (χ4v) is 3.66. The molecule has 2 N–H and O–H groups in total. The number of benzene rings is 2. The summed E-state index contributed by atoms with van der Waals surface area (Å²) in [5.41, 5.74) is 1.11. The molecule has 4 rings (SSSR count). The van der Waals surface area contributed by atoms with Gasteiger partial charge in [-0.25, -0.2) is 4.79 Å². The number of guanidine groups is 1. The van der Waals surface area contributed by atoms with Crippen LogP contribution in [0.3, 0.4) is 0 Å². The fraction of sp³-hybridized carbons (Fsp3) is 0.316. The minimum absolute atomic E-state index is 0.299. The number of imide groups is 1. The van der Waals surface area contributed by atoms with Crippen LogP contribution in [0.2, 0.25) is 0 Å². The standard InChI is InChI=1S/C19H21N5O2/c1-3-20-18-21-16-15(17(25)22-19(26)23(16)2)24(18)11-13-9-6-8-12-7-4-5-10-14(12)13/h4-10,15-16H,3,11H2,1-2H3,(H,20,21)(H,22,25,26). The molecular weight excluding hydrogens is 330 g/mol. The van der Waals surface area contributed by atoms with Crippen LogP contribution in [0, 0.1) is 0 Å². The number of carbonyl (C=O) groups is 2. The Hall–Kier alpha value is -3.09. The molecule has 134 valence electrons. The summed E-state index contributed by atoms with van der Waals surface area (Å²) in [5, 5.41) is 7.97. The number of nitrogens with one attached hydrogen (secondary N) is 2. The first-order chi connectivity index (χ1) is 12.6. The molecule has 2 saturated heterocycles. The molecule has 3 amide bonds. The average molecular weight is 351 g/mol. The lowest BCUT2D eigenvalue weighted by Crippen LogP contribution is -2.64. The van der Waals surface area contributed by atoms with Crippen LogP contribution in [-0.4, -0.2) is 53.5 Å². The minimum Gasteiger partial charge on any atom is -0.333 e. The quantitative estimate of drug-likeness (QED) is 0.879. The van der Waals surface area contributed by atoms with Crippen LogP contribution >= 0.6 is 0 Å². The van der Waals surface area contributed by atoms with E-state index in [1.165, 1.54) is 4.90 Å². The molecule has 0 aromatic heterocycles. The molecule has 26 heavy (non-hydrogen) atoms. The Balaban J connectivity index is 1.74. The third-order valence-electron chi connectivity index (χ3n) is 4.95. The minimum atomic E-state index is -0.512. The molecule has 7 heteroatoms. The van der Waals surface area contributed by atoms with Gasteiger partial charge in [-0.1, -0.05) is 42.5 Å². The molecule has 0 aliphatic carbocycles.